The van der Waals surface area contributed by atoms with Crippen molar-refractivity contribution in [2.75, 3.05) is 0 Å². The fourth-order valence-corrected chi connectivity index (χ4v) is 8.81. The number of rotatable bonds is 6. The van der Waals surface area contributed by atoms with Crippen molar-refractivity contribution in [3.63, 3.8) is 0 Å². The summed E-state index contributed by atoms with van der Waals surface area (Å²) in [6, 6.07) is 67.9. The third kappa shape index (κ3) is 5.39. The van der Waals surface area contributed by atoms with Crippen LogP contribution in [0, 0.1) is 0 Å². The normalized spacial score (nSPS) is 14.2. The lowest BCUT2D eigenvalue weighted by Crippen LogP contribution is -2.05. The Bertz CT molecular complexity index is 3090. The van der Waals surface area contributed by atoms with Gasteiger partial charge in [0.05, 0.1) is 39.1 Å². The van der Waals surface area contributed by atoms with Crippen molar-refractivity contribution in [2.45, 2.75) is 12.3 Å². The molecule has 0 aliphatic heterocycles. The Morgan fingerprint density at radius 3 is 1.64 bits per heavy atom. The highest BCUT2D eigenvalue weighted by atomic mass is 15.0. The number of hydrogen-bond acceptors (Lipinski definition) is 1. The van der Waals surface area contributed by atoms with Crippen LogP contribution in [-0.4, -0.2) is 14.1 Å². The van der Waals surface area contributed by atoms with Crippen LogP contribution in [0.5, 0.6) is 0 Å². The number of nitrogens with zero attached hydrogens (tertiary/aromatic N) is 3. The second kappa shape index (κ2) is 13.3. The van der Waals surface area contributed by atoms with Gasteiger partial charge in [0.2, 0.25) is 0 Å². The Morgan fingerprint density at radius 1 is 0.411 bits per heavy atom. The zero-order chi connectivity index (χ0) is 37.0. The van der Waals surface area contributed by atoms with Gasteiger partial charge < -0.3 is 9.13 Å². The molecule has 1 aliphatic rings. The van der Waals surface area contributed by atoms with Crippen LogP contribution in [0.2, 0.25) is 0 Å². The molecule has 3 heterocycles. The molecule has 7 aromatic carbocycles. The molecule has 0 saturated carbocycles. The molecule has 1 atom stereocenters. The van der Waals surface area contributed by atoms with Gasteiger partial charge >= 0.3 is 0 Å². The molecular weight excluding hydrogens is 679 g/mol. The van der Waals surface area contributed by atoms with Crippen molar-refractivity contribution in [3.8, 4) is 39.3 Å². The predicted octanol–water partition coefficient (Wildman–Crippen LogP) is 13.9. The Morgan fingerprint density at radius 2 is 0.946 bits per heavy atom. The van der Waals surface area contributed by atoms with Crippen molar-refractivity contribution < 1.29 is 0 Å². The molecule has 10 aromatic rings. The summed E-state index contributed by atoms with van der Waals surface area (Å²) in [5.41, 5.74) is 15.1. The summed E-state index contributed by atoms with van der Waals surface area (Å²) in [6.45, 7) is 0. The van der Waals surface area contributed by atoms with Gasteiger partial charge in [0.25, 0.3) is 0 Å². The van der Waals surface area contributed by atoms with Crippen LogP contribution in [0.4, 0.5) is 0 Å². The molecule has 0 spiro atoms. The van der Waals surface area contributed by atoms with Crippen LogP contribution in [-0.2, 0) is 0 Å². The van der Waals surface area contributed by atoms with Crippen molar-refractivity contribution >= 4 is 49.3 Å². The molecular formula is C53H37N3. The minimum atomic E-state index is 0.336. The summed E-state index contributed by atoms with van der Waals surface area (Å²) in [7, 11) is 0. The van der Waals surface area contributed by atoms with E-state index in [0.29, 0.717) is 5.92 Å². The first-order valence-corrected chi connectivity index (χ1v) is 19.4. The zero-order valence-electron chi connectivity index (χ0n) is 30.8. The molecule has 0 bridgehead atoms. The monoisotopic (exact) mass is 715 g/mol. The highest BCUT2D eigenvalue weighted by Crippen LogP contribution is 2.41. The third-order valence-corrected chi connectivity index (χ3v) is 11.5. The summed E-state index contributed by atoms with van der Waals surface area (Å²) in [5, 5.41) is 5.00. The Labute approximate surface area is 325 Å². The van der Waals surface area contributed by atoms with Crippen LogP contribution in [0.25, 0.3) is 88.6 Å². The van der Waals surface area contributed by atoms with E-state index < -0.39 is 0 Å². The van der Waals surface area contributed by atoms with Gasteiger partial charge in [0, 0.05) is 44.3 Å². The van der Waals surface area contributed by atoms with E-state index in [4.69, 9.17) is 4.98 Å². The van der Waals surface area contributed by atoms with E-state index in [-0.39, 0.29) is 0 Å². The topological polar surface area (TPSA) is 22.8 Å². The van der Waals surface area contributed by atoms with Gasteiger partial charge in [-0.1, -0.05) is 158 Å². The molecule has 1 unspecified atom stereocenters. The quantitative estimate of drug-likeness (QED) is 0.168. The van der Waals surface area contributed by atoms with Crippen molar-refractivity contribution in [1.82, 2.24) is 14.1 Å². The van der Waals surface area contributed by atoms with E-state index in [1.807, 2.05) is 0 Å². The largest absolute Gasteiger partial charge is 0.313 e. The SMILES string of the molecule is C1=CC(c2ccccc2)CC(n2c3ccccc3c3ccc(-c4ccc5c(c4)c4ccccc4n5-c4cc(-c5ccccc5)nc(-c5ccccc5)c4)cc32)=C1. The summed E-state index contributed by atoms with van der Waals surface area (Å²) in [6.07, 6.45) is 7.81. The van der Waals surface area contributed by atoms with Gasteiger partial charge in [0.15, 0.2) is 0 Å². The Hall–Kier alpha value is -7.23. The van der Waals surface area contributed by atoms with Crippen LogP contribution in [0.15, 0.2) is 206 Å². The number of aromatic nitrogens is 3. The van der Waals surface area contributed by atoms with Gasteiger partial charge in [-0.3, -0.25) is 0 Å². The summed E-state index contributed by atoms with van der Waals surface area (Å²) < 4.78 is 4.90. The van der Waals surface area contributed by atoms with Crippen LogP contribution in [0.3, 0.4) is 0 Å². The summed E-state index contributed by atoms with van der Waals surface area (Å²) in [5.74, 6) is 0.336. The second-order valence-corrected chi connectivity index (χ2v) is 14.8. The number of allylic oxidation sites excluding steroid dienone is 4. The third-order valence-electron chi connectivity index (χ3n) is 11.5. The van der Waals surface area contributed by atoms with Gasteiger partial charge in [0.1, 0.15) is 0 Å². The maximum Gasteiger partial charge on any atom is 0.0730 e. The Balaban J connectivity index is 1.07. The number of fused-ring (bicyclic) bond motifs is 6. The second-order valence-electron chi connectivity index (χ2n) is 14.8. The maximum atomic E-state index is 5.18. The average Bonchev–Trinajstić information content (AvgIpc) is 3.79. The van der Waals surface area contributed by atoms with Gasteiger partial charge in [-0.25, -0.2) is 4.98 Å². The van der Waals surface area contributed by atoms with Crippen molar-refractivity contribution in [1.29, 1.82) is 0 Å². The number of para-hydroxylation sites is 2. The van der Waals surface area contributed by atoms with Gasteiger partial charge in [-0.15, -0.1) is 0 Å². The molecule has 3 aromatic heterocycles. The summed E-state index contributed by atoms with van der Waals surface area (Å²) >= 11 is 0. The van der Waals surface area contributed by atoms with E-state index in [2.05, 4.69) is 215 Å². The highest BCUT2D eigenvalue weighted by molar-refractivity contribution is 6.13. The fourth-order valence-electron chi connectivity index (χ4n) is 8.81. The lowest BCUT2D eigenvalue weighted by atomic mass is 9.90. The van der Waals surface area contributed by atoms with E-state index in [0.717, 1.165) is 34.6 Å². The molecule has 56 heavy (non-hydrogen) atoms. The smallest absolute Gasteiger partial charge is 0.0730 e. The first kappa shape index (κ1) is 32.2. The molecule has 264 valence electrons. The number of benzene rings is 7. The molecule has 11 rings (SSSR count). The lowest BCUT2D eigenvalue weighted by Gasteiger charge is -2.21. The molecule has 0 saturated heterocycles. The van der Waals surface area contributed by atoms with Crippen LogP contribution >= 0.6 is 0 Å². The van der Waals surface area contributed by atoms with Crippen molar-refractivity contribution in [2.24, 2.45) is 0 Å². The molecule has 3 heteroatoms. The van der Waals surface area contributed by atoms with E-state index in [9.17, 15) is 0 Å². The lowest BCUT2D eigenvalue weighted by molar-refractivity contribution is 0.837. The molecule has 0 N–H and O–H groups in total. The molecule has 3 nitrogen and oxygen atoms in total. The average molecular weight is 716 g/mol. The molecule has 0 fully saturated rings. The maximum absolute atomic E-state index is 5.18. The standard InChI is InChI=1S/C53H37N3/c1-4-15-36(16-5-1)39-21-14-22-42(31-39)55-50-25-12-10-23-44(50)46-29-27-41(33-53(46)55)40-28-30-52-47(32-40)45-24-11-13-26-51(45)56(52)43-34-48(37-17-6-2-7-18-37)54-49(35-43)38-19-8-3-9-20-38/h1-30,32-35,39H,31H2. The first-order valence-electron chi connectivity index (χ1n) is 19.4. The molecule has 0 amide bonds. The van der Waals surface area contributed by atoms with Crippen LogP contribution < -0.4 is 0 Å². The van der Waals surface area contributed by atoms with E-state index in [1.165, 1.54) is 66.0 Å². The predicted molar refractivity (Wildman–Crippen MR) is 235 cm³/mol. The first-order chi connectivity index (χ1) is 27.8. The zero-order valence-corrected chi connectivity index (χ0v) is 30.8. The number of hydrogen-bond donors (Lipinski definition) is 0. The Kier molecular flexibility index (Phi) is 7.63. The minimum Gasteiger partial charge on any atom is -0.313 e. The minimum absolute atomic E-state index is 0.336. The van der Waals surface area contributed by atoms with Crippen LogP contribution in [0.1, 0.15) is 17.9 Å². The highest BCUT2D eigenvalue weighted by Gasteiger charge is 2.21. The fraction of sp³-hybridized carbons (Fsp3) is 0.0377. The van der Waals surface area contributed by atoms with Crippen molar-refractivity contribution in [3.05, 3.63) is 212 Å². The van der Waals surface area contributed by atoms with E-state index in [1.54, 1.807) is 0 Å². The molecule has 0 radical (unpaired) electrons. The number of pyridine rings is 1. The van der Waals surface area contributed by atoms with Gasteiger partial charge in [-0.2, -0.15) is 0 Å². The van der Waals surface area contributed by atoms with E-state index >= 15 is 0 Å². The summed E-state index contributed by atoms with van der Waals surface area (Å²) in [4.78, 5) is 5.18. The molecule has 1 aliphatic carbocycles. The van der Waals surface area contributed by atoms with Gasteiger partial charge in [-0.05, 0) is 71.7 Å².